The van der Waals surface area contributed by atoms with E-state index in [0.29, 0.717) is 5.56 Å². The van der Waals surface area contributed by atoms with Crippen LogP contribution in [0.3, 0.4) is 0 Å². The summed E-state index contributed by atoms with van der Waals surface area (Å²) in [6.45, 7) is 2.25. The predicted octanol–water partition coefficient (Wildman–Crippen LogP) is 0.435. The van der Waals surface area contributed by atoms with E-state index in [2.05, 4.69) is 10.0 Å². The molecule has 0 aromatic heterocycles. The molecule has 7 nitrogen and oxygen atoms in total. The predicted molar refractivity (Wildman–Crippen MR) is 91.5 cm³/mol. The first-order valence-electron chi connectivity index (χ1n) is 8.02. The van der Waals surface area contributed by atoms with Crippen molar-refractivity contribution in [2.24, 2.45) is 0 Å². The Hall–Kier alpha value is -1.48. The van der Waals surface area contributed by atoms with Gasteiger partial charge in [-0.05, 0) is 44.1 Å². The van der Waals surface area contributed by atoms with Crippen molar-refractivity contribution >= 4 is 15.9 Å². The number of hydrogen-bond donors (Lipinski definition) is 2. The Balaban J connectivity index is 2.12. The van der Waals surface area contributed by atoms with E-state index in [1.807, 2.05) is 0 Å². The van der Waals surface area contributed by atoms with Crippen molar-refractivity contribution in [3.8, 4) is 0 Å². The lowest BCUT2D eigenvalue weighted by atomic mass is 10.0. The quantitative estimate of drug-likeness (QED) is 0.693. The van der Waals surface area contributed by atoms with E-state index in [4.69, 9.17) is 4.74 Å². The van der Waals surface area contributed by atoms with Gasteiger partial charge in [-0.2, -0.15) is 0 Å². The Morgan fingerprint density at radius 2 is 2.08 bits per heavy atom. The van der Waals surface area contributed by atoms with Crippen molar-refractivity contribution in [2.75, 3.05) is 40.4 Å². The number of benzene rings is 1. The number of nitrogens with one attached hydrogen (secondary N) is 2. The van der Waals surface area contributed by atoms with Crippen molar-refractivity contribution in [3.63, 3.8) is 0 Å². The van der Waals surface area contributed by atoms with Crippen molar-refractivity contribution in [1.29, 1.82) is 0 Å². The maximum absolute atomic E-state index is 12.7. The van der Waals surface area contributed by atoms with Crippen molar-refractivity contribution in [3.05, 3.63) is 29.8 Å². The molecule has 0 radical (unpaired) electrons. The second kappa shape index (κ2) is 8.57. The van der Waals surface area contributed by atoms with E-state index in [9.17, 15) is 13.2 Å². The molecule has 8 heteroatoms. The summed E-state index contributed by atoms with van der Waals surface area (Å²) in [5.74, 6) is -0.157. The maximum Gasteiger partial charge on any atom is 0.253 e. The third kappa shape index (κ3) is 4.76. The zero-order valence-corrected chi connectivity index (χ0v) is 14.9. The standard InChI is InChI=1S/C16H25N3O4S/c1-19(14-6-8-17-9-7-14)16(20)13-4-3-5-15(12-13)24(21,22)18-10-11-23-2/h3-5,12,14,17-18H,6-11H2,1-2H3. The fourth-order valence-corrected chi connectivity index (χ4v) is 3.78. The molecule has 1 aromatic carbocycles. The number of rotatable bonds is 7. The number of sulfonamides is 1. The molecule has 0 bridgehead atoms. The molecule has 1 aromatic rings. The van der Waals surface area contributed by atoms with Gasteiger partial charge in [0.25, 0.3) is 5.91 Å². The van der Waals surface area contributed by atoms with Gasteiger partial charge in [-0.1, -0.05) is 6.07 Å². The number of ether oxygens (including phenoxy) is 1. The molecule has 0 saturated carbocycles. The highest BCUT2D eigenvalue weighted by molar-refractivity contribution is 7.89. The minimum Gasteiger partial charge on any atom is -0.383 e. The largest absolute Gasteiger partial charge is 0.383 e. The smallest absolute Gasteiger partial charge is 0.253 e. The molecule has 2 rings (SSSR count). The van der Waals surface area contributed by atoms with E-state index in [1.165, 1.54) is 19.2 Å². The summed E-state index contributed by atoms with van der Waals surface area (Å²) >= 11 is 0. The zero-order valence-electron chi connectivity index (χ0n) is 14.1. The highest BCUT2D eigenvalue weighted by Gasteiger charge is 2.24. The molecule has 0 aliphatic carbocycles. The fraction of sp³-hybridized carbons (Fsp3) is 0.562. The minimum atomic E-state index is -3.65. The summed E-state index contributed by atoms with van der Waals surface area (Å²) in [5, 5.41) is 3.27. The lowest BCUT2D eigenvalue weighted by Gasteiger charge is -2.31. The number of methoxy groups -OCH3 is 1. The SMILES string of the molecule is COCCNS(=O)(=O)c1cccc(C(=O)N(C)C2CCNCC2)c1. The van der Waals surface area contributed by atoms with Crippen molar-refractivity contribution < 1.29 is 17.9 Å². The topological polar surface area (TPSA) is 87.7 Å². The molecule has 1 heterocycles. The molecule has 2 N–H and O–H groups in total. The molecule has 134 valence electrons. The van der Waals surface area contributed by atoms with Gasteiger partial charge in [-0.3, -0.25) is 4.79 Å². The number of piperidine rings is 1. The zero-order chi connectivity index (χ0) is 17.6. The maximum atomic E-state index is 12.7. The molecule has 0 spiro atoms. The molecule has 24 heavy (non-hydrogen) atoms. The molecular formula is C16H25N3O4S. The van der Waals surface area contributed by atoms with Gasteiger partial charge in [-0.25, -0.2) is 13.1 Å². The van der Waals surface area contributed by atoms with Crippen LogP contribution in [0.1, 0.15) is 23.2 Å². The van der Waals surface area contributed by atoms with Gasteiger partial charge >= 0.3 is 0 Å². The Labute approximate surface area is 143 Å². The van der Waals surface area contributed by atoms with Gasteiger partial charge in [-0.15, -0.1) is 0 Å². The Kier molecular flexibility index (Phi) is 6.73. The molecule has 0 unspecified atom stereocenters. The van der Waals surface area contributed by atoms with Crippen LogP contribution in [0.25, 0.3) is 0 Å². The van der Waals surface area contributed by atoms with E-state index < -0.39 is 10.0 Å². The average molecular weight is 355 g/mol. The van der Waals surface area contributed by atoms with E-state index in [0.717, 1.165) is 25.9 Å². The van der Waals surface area contributed by atoms with Crippen LogP contribution in [0.2, 0.25) is 0 Å². The summed E-state index contributed by atoms with van der Waals surface area (Å²) < 4.78 is 31.8. The summed E-state index contributed by atoms with van der Waals surface area (Å²) in [5.41, 5.74) is 0.380. The van der Waals surface area contributed by atoms with Crippen LogP contribution in [-0.4, -0.2) is 65.7 Å². The highest BCUT2D eigenvalue weighted by atomic mass is 32.2. The Bertz CT molecular complexity index is 657. The number of carbonyl (C=O) groups is 1. The van der Waals surface area contributed by atoms with Gasteiger partial charge in [0, 0.05) is 32.3 Å². The summed E-state index contributed by atoms with van der Waals surface area (Å²) in [7, 11) is -0.372. The van der Waals surface area contributed by atoms with Crippen LogP contribution in [0.4, 0.5) is 0 Å². The lowest BCUT2D eigenvalue weighted by Crippen LogP contribution is -2.44. The van der Waals surface area contributed by atoms with Crippen molar-refractivity contribution in [2.45, 2.75) is 23.8 Å². The van der Waals surface area contributed by atoms with Crippen LogP contribution in [0.5, 0.6) is 0 Å². The number of hydrogen-bond acceptors (Lipinski definition) is 5. The molecular weight excluding hydrogens is 330 g/mol. The second-order valence-corrected chi connectivity index (χ2v) is 7.58. The van der Waals surface area contributed by atoms with Gasteiger partial charge in [0.1, 0.15) is 0 Å². The molecule has 1 fully saturated rings. The molecule has 1 saturated heterocycles. The van der Waals surface area contributed by atoms with E-state index >= 15 is 0 Å². The van der Waals surface area contributed by atoms with Crippen LogP contribution >= 0.6 is 0 Å². The first-order chi connectivity index (χ1) is 11.5. The average Bonchev–Trinajstić information content (AvgIpc) is 2.61. The van der Waals surface area contributed by atoms with E-state index in [1.54, 1.807) is 24.1 Å². The molecule has 0 atom stereocenters. The van der Waals surface area contributed by atoms with Crippen LogP contribution in [0, 0.1) is 0 Å². The van der Waals surface area contributed by atoms with Gasteiger partial charge in [0.15, 0.2) is 0 Å². The van der Waals surface area contributed by atoms with Crippen LogP contribution < -0.4 is 10.0 Å². The monoisotopic (exact) mass is 355 g/mol. The summed E-state index contributed by atoms with van der Waals surface area (Å²) in [6.07, 6.45) is 1.80. The first kappa shape index (κ1) is 18.9. The van der Waals surface area contributed by atoms with Crippen molar-refractivity contribution in [1.82, 2.24) is 14.9 Å². The summed E-state index contributed by atoms with van der Waals surface area (Å²) in [4.78, 5) is 14.5. The molecule has 1 amide bonds. The first-order valence-corrected chi connectivity index (χ1v) is 9.50. The van der Waals surface area contributed by atoms with Crippen LogP contribution in [-0.2, 0) is 14.8 Å². The summed E-state index contributed by atoms with van der Waals surface area (Å²) in [6, 6.07) is 6.33. The number of nitrogens with zero attached hydrogens (tertiary/aromatic N) is 1. The van der Waals surface area contributed by atoms with E-state index in [-0.39, 0.29) is 30.0 Å². The van der Waals surface area contributed by atoms with Gasteiger partial charge in [0.2, 0.25) is 10.0 Å². The second-order valence-electron chi connectivity index (χ2n) is 5.82. The molecule has 1 aliphatic rings. The Morgan fingerprint density at radius 3 is 2.75 bits per heavy atom. The fourth-order valence-electron chi connectivity index (χ4n) is 2.72. The van der Waals surface area contributed by atoms with Gasteiger partial charge < -0.3 is 15.0 Å². The number of amides is 1. The molecule has 1 aliphatic heterocycles. The lowest BCUT2D eigenvalue weighted by molar-refractivity contribution is 0.0703. The third-order valence-electron chi connectivity index (χ3n) is 4.17. The number of carbonyl (C=O) groups excluding carboxylic acids is 1. The highest BCUT2D eigenvalue weighted by Crippen LogP contribution is 2.17. The van der Waals surface area contributed by atoms with Gasteiger partial charge in [0.05, 0.1) is 11.5 Å². The van der Waals surface area contributed by atoms with Crippen LogP contribution in [0.15, 0.2) is 29.2 Å². The minimum absolute atomic E-state index is 0.0863. The normalized spacial score (nSPS) is 16.1. The third-order valence-corrected chi connectivity index (χ3v) is 5.62. The Morgan fingerprint density at radius 1 is 1.38 bits per heavy atom.